The lowest BCUT2D eigenvalue weighted by molar-refractivity contribution is -0.117. The number of rotatable bonds is 4. The van der Waals surface area contributed by atoms with Crippen molar-refractivity contribution < 1.29 is 9.53 Å². The fourth-order valence-corrected chi connectivity index (χ4v) is 3.31. The van der Waals surface area contributed by atoms with Gasteiger partial charge in [-0.3, -0.25) is 4.79 Å². The average molecular weight is 286 g/mol. The normalized spacial score (nSPS) is 27.8. The van der Waals surface area contributed by atoms with E-state index in [0.29, 0.717) is 18.1 Å². The first-order chi connectivity index (χ1) is 10.2. The van der Waals surface area contributed by atoms with Gasteiger partial charge in [-0.15, -0.1) is 0 Å². The minimum absolute atomic E-state index is 0.00267. The van der Waals surface area contributed by atoms with Crippen LogP contribution in [0.2, 0.25) is 0 Å². The number of hydrogen-bond donors (Lipinski definition) is 2. The summed E-state index contributed by atoms with van der Waals surface area (Å²) in [5.74, 6) is 0.818. The summed E-state index contributed by atoms with van der Waals surface area (Å²) in [6.45, 7) is 0. The van der Waals surface area contributed by atoms with Crippen LogP contribution in [0.5, 0.6) is 5.75 Å². The van der Waals surface area contributed by atoms with Crippen LogP contribution < -0.4 is 15.4 Å². The first kappa shape index (κ1) is 14.1. The zero-order valence-corrected chi connectivity index (χ0v) is 12.3. The van der Waals surface area contributed by atoms with E-state index in [4.69, 9.17) is 4.74 Å². The van der Waals surface area contributed by atoms with Crippen LogP contribution >= 0.6 is 0 Å². The average Bonchev–Trinajstić information content (AvgIpc) is 2.84. The molecule has 0 aromatic heterocycles. The molecule has 2 saturated heterocycles. The smallest absolute Gasteiger partial charge is 0.244 e. The molecule has 2 fully saturated rings. The lowest BCUT2D eigenvalue weighted by Crippen LogP contribution is -2.47. The van der Waals surface area contributed by atoms with E-state index >= 15 is 0 Å². The summed E-state index contributed by atoms with van der Waals surface area (Å²) in [7, 11) is 1.64. The van der Waals surface area contributed by atoms with Crippen LogP contribution in [-0.4, -0.2) is 31.1 Å². The molecule has 1 aromatic rings. The van der Waals surface area contributed by atoms with Crippen LogP contribution in [0.4, 0.5) is 0 Å². The van der Waals surface area contributed by atoms with Crippen molar-refractivity contribution in [2.45, 2.75) is 43.8 Å². The van der Waals surface area contributed by atoms with Crippen molar-refractivity contribution in [3.05, 3.63) is 35.9 Å². The predicted molar refractivity (Wildman–Crippen MR) is 83.1 cm³/mol. The lowest BCUT2D eigenvalue weighted by Gasteiger charge is -2.29. The second-order valence-corrected chi connectivity index (χ2v) is 5.92. The van der Waals surface area contributed by atoms with Gasteiger partial charge in [-0.1, -0.05) is 12.1 Å². The number of carbonyl (C=O) groups is 1. The number of amides is 1. The third-order valence-corrected chi connectivity index (χ3v) is 4.36. The van der Waals surface area contributed by atoms with Crippen molar-refractivity contribution in [1.82, 2.24) is 10.6 Å². The molecule has 2 aliphatic rings. The van der Waals surface area contributed by atoms with Gasteiger partial charge in [-0.25, -0.2) is 0 Å². The highest BCUT2D eigenvalue weighted by Crippen LogP contribution is 2.26. The van der Waals surface area contributed by atoms with Gasteiger partial charge in [0.15, 0.2) is 0 Å². The van der Waals surface area contributed by atoms with E-state index in [9.17, 15) is 4.79 Å². The number of fused-ring (bicyclic) bond motifs is 2. The van der Waals surface area contributed by atoms with Gasteiger partial charge >= 0.3 is 0 Å². The molecule has 0 aliphatic carbocycles. The van der Waals surface area contributed by atoms with Crippen molar-refractivity contribution in [2.24, 2.45) is 0 Å². The quantitative estimate of drug-likeness (QED) is 0.834. The summed E-state index contributed by atoms with van der Waals surface area (Å²) in [5, 5.41) is 6.70. The molecule has 4 nitrogen and oxygen atoms in total. The van der Waals surface area contributed by atoms with E-state index < -0.39 is 0 Å². The number of methoxy groups -OCH3 is 1. The minimum atomic E-state index is -0.00267. The summed E-state index contributed by atoms with van der Waals surface area (Å²) in [4.78, 5) is 12.0. The van der Waals surface area contributed by atoms with Gasteiger partial charge in [0.1, 0.15) is 5.75 Å². The molecule has 0 saturated carbocycles. The zero-order valence-electron chi connectivity index (χ0n) is 12.3. The Balaban J connectivity index is 1.52. The largest absolute Gasteiger partial charge is 0.497 e. The Morgan fingerprint density at radius 1 is 1.24 bits per heavy atom. The topological polar surface area (TPSA) is 50.4 Å². The number of nitrogens with one attached hydrogen (secondary N) is 2. The third kappa shape index (κ3) is 3.64. The van der Waals surface area contributed by atoms with Crippen LogP contribution in [0.25, 0.3) is 6.08 Å². The molecule has 1 aromatic carbocycles. The third-order valence-electron chi connectivity index (χ3n) is 4.36. The van der Waals surface area contributed by atoms with Crippen LogP contribution in [0.1, 0.15) is 31.2 Å². The Bertz CT molecular complexity index is 512. The molecule has 0 radical (unpaired) electrons. The minimum Gasteiger partial charge on any atom is -0.497 e. The highest BCUT2D eigenvalue weighted by atomic mass is 16.5. The Kier molecular flexibility index (Phi) is 4.25. The van der Waals surface area contributed by atoms with E-state index in [1.807, 2.05) is 30.3 Å². The lowest BCUT2D eigenvalue weighted by atomic mass is 10.00. The predicted octanol–water partition coefficient (Wildman–Crippen LogP) is 2.11. The van der Waals surface area contributed by atoms with Crippen molar-refractivity contribution >= 4 is 12.0 Å². The van der Waals surface area contributed by atoms with E-state index in [2.05, 4.69) is 10.6 Å². The molecule has 1 amide bonds. The first-order valence-electron chi connectivity index (χ1n) is 7.61. The van der Waals surface area contributed by atoms with Gasteiger partial charge < -0.3 is 15.4 Å². The Hall–Kier alpha value is -1.81. The number of ether oxygens (including phenoxy) is 1. The molecule has 2 aliphatic heterocycles. The first-order valence-corrected chi connectivity index (χ1v) is 7.61. The monoisotopic (exact) mass is 286 g/mol. The molecular formula is C17H22N2O2. The molecule has 2 unspecified atom stereocenters. The molecule has 2 atom stereocenters. The molecule has 0 spiro atoms. The van der Waals surface area contributed by atoms with E-state index in [1.54, 1.807) is 13.2 Å². The molecule has 112 valence electrons. The fraction of sp³-hybridized carbons (Fsp3) is 0.471. The van der Waals surface area contributed by atoms with E-state index in [0.717, 1.165) is 24.2 Å². The Morgan fingerprint density at radius 3 is 2.52 bits per heavy atom. The van der Waals surface area contributed by atoms with E-state index in [-0.39, 0.29) is 5.91 Å². The number of carbonyl (C=O) groups excluding carboxylic acids is 1. The standard InChI is InChI=1S/C17H22N2O2/c1-21-16-7-2-12(3-8-16)4-9-17(20)19-15-10-13-5-6-14(11-15)18-13/h2-4,7-9,13-15,18H,5-6,10-11H2,1H3,(H,19,20)/b9-4+. The summed E-state index contributed by atoms with van der Waals surface area (Å²) in [6, 6.07) is 9.17. The van der Waals surface area contributed by atoms with Crippen molar-refractivity contribution in [3.63, 3.8) is 0 Å². The zero-order chi connectivity index (χ0) is 14.7. The maximum atomic E-state index is 12.0. The van der Waals surface area contributed by atoms with Crippen LogP contribution in [0.15, 0.2) is 30.3 Å². The summed E-state index contributed by atoms with van der Waals surface area (Å²) >= 11 is 0. The maximum absolute atomic E-state index is 12.0. The van der Waals surface area contributed by atoms with Crippen molar-refractivity contribution in [3.8, 4) is 5.75 Å². The summed E-state index contributed by atoms with van der Waals surface area (Å²) < 4.78 is 5.11. The highest BCUT2D eigenvalue weighted by Gasteiger charge is 2.33. The number of hydrogen-bond acceptors (Lipinski definition) is 3. The van der Waals surface area contributed by atoms with Crippen LogP contribution in [0, 0.1) is 0 Å². The van der Waals surface area contributed by atoms with Crippen molar-refractivity contribution in [1.29, 1.82) is 0 Å². The van der Waals surface area contributed by atoms with Gasteiger partial charge in [0, 0.05) is 24.2 Å². The number of piperidine rings is 1. The van der Waals surface area contributed by atoms with Crippen molar-refractivity contribution in [2.75, 3.05) is 7.11 Å². The second kappa shape index (κ2) is 6.31. The van der Waals surface area contributed by atoms with Gasteiger partial charge in [0.25, 0.3) is 0 Å². The summed E-state index contributed by atoms with van der Waals surface area (Å²) in [5.41, 5.74) is 0.997. The van der Waals surface area contributed by atoms with Gasteiger partial charge in [0.2, 0.25) is 5.91 Å². The highest BCUT2D eigenvalue weighted by molar-refractivity contribution is 5.91. The molecule has 2 bridgehead atoms. The summed E-state index contributed by atoms with van der Waals surface area (Å²) in [6.07, 6.45) is 8.06. The molecule has 4 heteroatoms. The Labute approximate surface area is 125 Å². The van der Waals surface area contributed by atoms with Gasteiger partial charge in [-0.2, -0.15) is 0 Å². The maximum Gasteiger partial charge on any atom is 0.244 e. The Morgan fingerprint density at radius 2 is 1.90 bits per heavy atom. The fourth-order valence-electron chi connectivity index (χ4n) is 3.31. The second-order valence-electron chi connectivity index (χ2n) is 5.92. The van der Waals surface area contributed by atoms with E-state index in [1.165, 1.54) is 12.8 Å². The SMILES string of the molecule is COc1ccc(/C=C/C(=O)NC2CC3CCC(C2)N3)cc1. The molecule has 21 heavy (non-hydrogen) atoms. The van der Waals surface area contributed by atoms with Crippen LogP contribution in [0.3, 0.4) is 0 Å². The number of benzene rings is 1. The van der Waals surface area contributed by atoms with Crippen LogP contribution in [-0.2, 0) is 4.79 Å². The molecule has 2 heterocycles. The van der Waals surface area contributed by atoms with Gasteiger partial charge in [-0.05, 0) is 49.5 Å². The molecular weight excluding hydrogens is 264 g/mol. The molecule has 3 rings (SSSR count). The van der Waals surface area contributed by atoms with Gasteiger partial charge in [0.05, 0.1) is 7.11 Å². The molecule has 2 N–H and O–H groups in total.